The zero-order valence-corrected chi connectivity index (χ0v) is 12.1. The van der Waals surface area contributed by atoms with Crippen molar-refractivity contribution in [1.29, 1.82) is 5.26 Å². The Balaban J connectivity index is 2.64. The number of hydrogen-bond donors (Lipinski definition) is 2. The summed E-state index contributed by atoms with van der Waals surface area (Å²) in [6, 6.07) is 8.84. The molecule has 0 bridgehead atoms. The van der Waals surface area contributed by atoms with E-state index >= 15 is 0 Å². The molecular formula is C14H13N3O3S. The molecule has 108 valence electrons. The molecule has 7 heteroatoms. The minimum Gasteiger partial charge on any atom is -0.490 e. The number of aromatic nitrogens is 2. The van der Waals surface area contributed by atoms with E-state index in [4.69, 9.17) is 9.84 Å². The lowest BCUT2D eigenvalue weighted by molar-refractivity contribution is 0.202. The van der Waals surface area contributed by atoms with E-state index in [9.17, 15) is 10.1 Å². The molecule has 0 aliphatic rings. The number of aliphatic hydroxyl groups is 1. The fourth-order valence-corrected chi connectivity index (χ4v) is 2.17. The Morgan fingerprint density at radius 3 is 2.90 bits per heavy atom. The molecule has 1 heterocycles. The molecule has 0 saturated carbocycles. The molecule has 0 aliphatic carbocycles. The van der Waals surface area contributed by atoms with Gasteiger partial charge in [0, 0.05) is 5.56 Å². The maximum absolute atomic E-state index is 11.9. The number of benzene rings is 1. The van der Waals surface area contributed by atoms with Crippen LogP contribution < -0.4 is 10.3 Å². The standard InChI is InChI=1S/C14H13N3O3S/c1-21-14-16-12(10(8-15)13(19)17-14)9-4-2-3-5-11(9)20-7-6-18/h2-5,18H,6-7H2,1H3,(H,16,17,19). The van der Waals surface area contributed by atoms with Crippen molar-refractivity contribution in [1.82, 2.24) is 9.97 Å². The molecule has 0 unspecified atom stereocenters. The number of nitrogens with zero attached hydrogens (tertiary/aromatic N) is 2. The number of thioether (sulfide) groups is 1. The van der Waals surface area contributed by atoms with Gasteiger partial charge in [-0.15, -0.1) is 0 Å². The van der Waals surface area contributed by atoms with Gasteiger partial charge >= 0.3 is 0 Å². The average Bonchev–Trinajstić information content (AvgIpc) is 2.52. The molecule has 2 rings (SSSR count). The van der Waals surface area contributed by atoms with Crippen molar-refractivity contribution in [2.75, 3.05) is 19.5 Å². The Labute approximate surface area is 125 Å². The Hall–Kier alpha value is -2.30. The van der Waals surface area contributed by atoms with Gasteiger partial charge in [0.15, 0.2) is 5.16 Å². The lowest BCUT2D eigenvalue weighted by Crippen LogP contribution is -2.15. The SMILES string of the molecule is CSc1nc(-c2ccccc2OCCO)c(C#N)c(=O)[nH]1. The van der Waals surface area contributed by atoms with Crippen molar-refractivity contribution in [2.45, 2.75) is 5.16 Å². The number of nitrogens with one attached hydrogen (secondary N) is 1. The molecule has 0 amide bonds. The van der Waals surface area contributed by atoms with Gasteiger partial charge in [0.05, 0.1) is 6.61 Å². The second-order valence-electron chi connectivity index (χ2n) is 3.98. The van der Waals surface area contributed by atoms with Gasteiger partial charge in [0.1, 0.15) is 29.7 Å². The van der Waals surface area contributed by atoms with E-state index in [1.165, 1.54) is 11.8 Å². The van der Waals surface area contributed by atoms with E-state index in [1.54, 1.807) is 30.5 Å². The fraction of sp³-hybridized carbons (Fsp3) is 0.214. The van der Waals surface area contributed by atoms with E-state index in [0.29, 0.717) is 16.5 Å². The summed E-state index contributed by atoms with van der Waals surface area (Å²) in [6.07, 6.45) is 1.78. The van der Waals surface area contributed by atoms with Crippen LogP contribution in [0, 0.1) is 11.3 Å². The highest BCUT2D eigenvalue weighted by Gasteiger charge is 2.16. The summed E-state index contributed by atoms with van der Waals surface area (Å²) in [4.78, 5) is 18.8. The normalized spacial score (nSPS) is 10.1. The Morgan fingerprint density at radius 2 is 2.24 bits per heavy atom. The molecule has 0 atom stereocenters. The molecule has 1 aromatic carbocycles. The largest absolute Gasteiger partial charge is 0.490 e. The van der Waals surface area contributed by atoms with E-state index in [-0.39, 0.29) is 24.5 Å². The maximum atomic E-state index is 11.9. The molecule has 2 aromatic rings. The molecule has 0 fully saturated rings. The highest BCUT2D eigenvalue weighted by molar-refractivity contribution is 7.98. The van der Waals surface area contributed by atoms with Crippen LogP contribution in [-0.2, 0) is 0 Å². The summed E-state index contributed by atoms with van der Waals surface area (Å²) in [6.45, 7) is -0.00419. The van der Waals surface area contributed by atoms with Crippen LogP contribution in [-0.4, -0.2) is 34.5 Å². The van der Waals surface area contributed by atoms with Crippen molar-refractivity contribution >= 4 is 11.8 Å². The summed E-state index contributed by atoms with van der Waals surface area (Å²) in [5, 5.41) is 18.5. The number of ether oxygens (including phenoxy) is 1. The Kier molecular flexibility index (Phi) is 4.98. The van der Waals surface area contributed by atoms with Crippen LogP contribution in [0.3, 0.4) is 0 Å². The second kappa shape index (κ2) is 6.92. The van der Waals surface area contributed by atoms with Crippen LogP contribution >= 0.6 is 11.8 Å². The minimum atomic E-state index is -0.483. The third-order valence-corrected chi connectivity index (χ3v) is 3.27. The molecule has 0 radical (unpaired) electrons. The van der Waals surface area contributed by atoms with Crippen LogP contribution in [0.5, 0.6) is 5.75 Å². The Bertz CT molecular complexity index is 737. The number of aliphatic hydroxyl groups excluding tert-OH is 1. The third-order valence-electron chi connectivity index (χ3n) is 2.69. The topological polar surface area (TPSA) is 99.0 Å². The van der Waals surface area contributed by atoms with E-state index < -0.39 is 5.56 Å². The van der Waals surface area contributed by atoms with E-state index in [2.05, 4.69) is 9.97 Å². The van der Waals surface area contributed by atoms with Crippen molar-refractivity contribution in [3.05, 3.63) is 40.2 Å². The first-order valence-corrected chi connectivity index (χ1v) is 7.35. The monoisotopic (exact) mass is 303 g/mol. The lowest BCUT2D eigenvalue weighted by atomic mass is 10.1. The summed E-state index contributed by atoms with van der Waals surface area (Å²) in [5.41, 5.74) is 0.277. The molecule has 21 heavy (non-hydrogen) atoms. The van der Waals surface area contributed by atoms with Gasteiger partial charge in [-0.3, -0.25) is 4.79 Å². The summed E-state index contributed by atoms with van der Waals surface area (Å²) in [5.74, 6) is 0.466. The van der Waals surface area contributed by atoms with Gasteiger partial charge in [0.2, 0.25) is 0 Å². The molecule has 2 N–H and O–H groups in total. The second-order valence-corrected chi connectivity index (χ2v) is 4.77. The zero-order valence-electron chi connectivity index (χ0n) is 11.3. The zero-order chi connectivity index (χ0) is 15.2. The molecule has 0 spiro atoms. The van der Waals surface area contributed by atoms with Gasteiger partial charge < -0.3 is 14.8 Å². The molecule has 0 aliphatic heterocycles. The van der Waals surface area contributed by atoms with E-state index in [0.717, 1.165) is 0 Å². The molecule has 0 saturated heterocycles. The van der Waals surface area contributed by atoms with Crippen LogP contribution in [0.25, 0.3) is 11.3 Å². The lowest BCUT2D eigenvalue weighted by Gasteiger charge is -2.11. The predicted octanol–water partition coefficient (Wildman–Crippen LogP) is 1.40. The third kappa shape index (κ3) is 3.24. The number of nitriles is 1. The summed E-state index contributed by atoms with van der Waals surface area (Å²) < 4.78 is 5.44. The fourth-order valence-electron chi connectivity index (χ4n) is 1.79. The number of H-pyrrole nitrogens is 1. The molecule has 6 nitrogen and oxygen atoms in total. The quantitative estimate of drug-likeness (QED) is 0.640. The first kappa shape index (κ1) is 15.1. The smallest absolute Gasteiger partial charge is 0.270 e. The highest BCUT2D eigenvalue weighted by Crippen LogP contribution is 2.30. The number of hydrogen-bond acceptors (Lipinski definition) is 6. The van der Waals surface area contributed by atoms with E-state index in [1.807, 2.05) is 6.07 Å². The number of aromatic amines is 1. The van der Waals surface area contributed by atoms with Gasteiger partial charge in [-0.25, -0.2) is 4.98 Å². The van der Waals surface area contributed by atoms with Gasteiger partial charge in [0.25, 0.3) is 5.56 Å². The van der Waals surface area contributed by atoms with Crippen LogP contribution in [0.15, 0.2) is 34.2 Å². The van der Waals surface area contributed by atoms with Crippen molar-refractivity contribution < 1.29 is 9.84 Å². The summed E-state index contributed by atoms with van der Waals surface area (Å²) in [7, 11) is 0. The van der Waals surface area contributed by atoms with Crippen LogP contribution in [0.4, 0.5) is 0 Å². The van der Waals surface area contributed by atoms with Crippen LogP contribution in [0.2, 0.25) is 0 Å². The minimum absolute atomic E-state index is 0.0622. The van der Waals surface area contributed by atoms with Crippen molar-refractivity contribution in [3.63, 3.8) is 0 Å². The Morgan fingerprint density at radius 1 is 1.48 bits per heavy atom. The predicted molar refractivity (Wildman–Crippen MR) is 79.4 cm³/mol. The first-order chi connectivity index (χ1) is 10.2. The van der Waals surface area contributed by atoms with Crippen molar-refractivity contribution in [3.8, 4) is 23.1 Å². The molecule has 1 aromatic heterocycles. The van der Waals surface area contributed by atoms with Crippen molar-refractivity contribution in [2.24, 2.45) is 0 Å². The number of rotatable bonds is 5. The maximum Gasteiger partial charge on any atom is 0.270 e. The van der Waals surface area contributed by atoms with Gasteiger partial charge in [-0.05, 0) is 18.4 Å². The first-order valence-electron chi connectivity index (χ1n) is 6.12. The highest BCUT2D eigenvalue weighted by atomic mass is 32.2. The van der Waals surface area contributed by atoms with Gasteiger partial charge in [-0.2, -0.15) is 5.26 Å². The van der Waals surface area contributed by atoms with Crippen LogP contribution in [0.1, 0.15) is 5.56 Å². The summed E-state index contributed by atoms with van der Waals surface area (Å²) >= 11 is 1.28. The molecular weight excluding hydrogens is 290 g/mol. The van der Waals surface area contributed by atoms with Gasteiger partial charge in [-0.1, -0.05) is 23.9 Å². The average molecular weight is 303 g/mol. The number of para-hydroxylation sites is 1.